The predicted molar refractivity (Wildman–Crippen MR) is 69.8 cm³/mol. The number of fused-ring (bicyclic) bond motifs is 1. The quantitative estimate of drug-likeness (QED) is 0.821. The molecular formula is C15H17NO3. The van der Waals surface area contributed by atoms with E-state index in [-0.39, 0.29) is 29.8 Å². The molecule has 0 radical (unpaired) electrons. The second-order valence-electron chi connectivity index (χ2n) is 5.96. The normalized spacial score (nSPS) is 24.0. The first-order valence-electron chi connectivity index (χ1n) is 6.58. The van der Waals surface area contributed by atoms with Gasteiger partial charge in [-0.05, 0) is 31.4 Å². The summed E-state index contributed by atoms with van der Waals surface area (Å²) in [6, 6.07) is 6.04. The van der Waals surface area contributed by atoms with Gasteiger partial charge in [-0.25, -0.2) is 0 Å². The van der Waals surface area contributed by atoms with Crippen LogP contribution in [0.15, 0.2) is 18.2 Å². The molecule has 3 rings (SSSR count). The summed E-state index contributed by atoms with van der Waals surface area (Å²) >= 11 is 0. The second kappa shape index (κ2) is 4.08. The van der Waals surface area contributed by atoms with Crippen LogP contribution >= 0.6 is 0 Å². The molecule has 100 valence electrons. The van der Waals surface area contributed by atoms with E-state index in [4.69, 9.17) is 4.74 Å². The van der Waals surface area contributed by atoms with Gasteiger partial charge in [-0.1, -0.05) is 18.2 Å². The number of benzene rings is 1. The van der Waals surface area contributed by atoms with Gasteiger partial charge < -0.3 is 4.74 Å². The highest BCUT2D eigenvalue weighted by atomic mass is 16.5. The summed E-state index contributed by atoms with van der Waals surface area (Å²) in [5.41, 5.74) is 2.02. The van der Waals surface area contributed by atoms with Crippen molar-refractivity contribution in [3.8, 4) is 5.75 Å². The molecule has 1 saturated heterocycles. The van der Waals surface area contributed by atoms with E-state index < -0.39 is 0 Å². The maximum atomic E-state index is 11.6. The van der Waals surface area contributed by atoms with Gasteiger partial charge in [0.1, 0.15) is 11.4 Å². The Labute approximate surface area is 112 Å². The minimum absolute atomic E-state index is 0.167. The smallest absolute Gasteiger partial charge is 0.230 e. The van der Waals surface area contributed by atoms with Crippen LogP contribution in [0.1, 0.15) is 31.4 Å². The van der Waals surface area contributed by atoms with Gasteiger partial charge in [0, 0.05) is 12.8 Å². The Morgan fingerprint density at radius 1 is 1.37 bits per heavy atom. The Hall–Kier alpha value is -1.84. The number of ether oxygens (including phenoxy) is 1. The average Bonchev–Trinajstić information content (AvgIpc) is 2.78. The summed E-state index contributed by atoms with van der Waals surface area (Å²) in [4.78, 5) is 22.9. The van der Waals surface area contributed by atoms with Crippen molar-refractivity contribution in [1.29, 1.82) is 0 Å². The van der Waals surface area contributed by atoms with Crippen molar-refractivity contribution in [3.05, 3.63) is 29.3 Å². The van der Waals surface area contributed by atoms with Crippen LogP contribution in [-0.4, -0.2) is 17.4 Å². The molecule has 2 aliphatic heterocycles. The Morgan fingerprint density at radius 3 is 2.84 bits per heavy atom. The van der Waals surface area contributed by atoms with Crippen LogP contribution in [0.4, 0.5) is 0 Å². The van der Waals surface area contributed by atoms with Crippen molar-refractivity contribution in [2.45, 2.75) is 38.7 Å². The van der Waals surface area contributed by atoms with Gasteiger partial charge in [0.25, 0.3) is 0 Å². The molecule has 0 aliphatic carbocycles. The first kappa shape index (κ1) is 12.2. The lowest BCUT2D eigenvalue weighted by atomic mass is 9.94. The Morgan fingerprint density at radius 2 is 2.16 bits per heavy atom. The number of nitrogens with one attached hydrogen (secondary N) is 1. The van der Waals surface area contributed by atoms with Crippen LogP contribution in [0, 0.1) is 5.92 Å². The minimum atomic E-state index is -0.258. The fourth-order valence-corrected chi connectivity index (χ4v) is 2.88. The minimum Gasteiger partial charge on any atom is -0.487 e. The van der Waals surface area contributed by atoms with Crippen LogP contribution in [-0.2, 0) is 22.4 Å². The molecule has 0 bridgehead atoms. The van der Waals surface area contributed by atoms with E-state index >= 15 is 0 Å². The van der Waals surface area contributed by atoms with Crippen LogP contribution in [0.25, 0.3) is 0 Å². The third-order valence-corrected chi connectivity index (χ3v) is 3.70. The Balaban J connectivity index is 1.86. The molecule has 0 saturated carbocycles. The third kappa shape index (κ3) is 2.23. The molecule has 1 aromatic carbocycles. The first-order chi connectivity index (χ1) is 8.94. The first-order valence-corrected chi connectivity index (χ1v) is 6.58. The number of para-hydroxylation sites is 1. The maximum absolute atomic E-state index is 11.6. The zero-order valence-electron chi connectivity index (χ0n) is 11.2. The number of amides is 2. The highest BCUT2D eigenvalue weighted by Crippen LogP contribution is 2.38. The van der Waals surface area contributed by atoms with Crippen molar-refractivity contribution in [3.63, 3.8) is 0 Å². The van der Waals surface area contributed by atoms with Gasteiger partial charge in [0.05, 0.1) is 5.92 Å². The number of hydrogen-bond acceptors (Lipinski definition) is 3. The van der Waals surface area contributed by atoms with Gasteiger partial charge in [-0.15, -0.1) is 0 Å². The van der Waals surface area contributed by atoms with Crippen molar-refractivity contribution >= 4 is 11.8 Å². The lowest BCUT2D eigenvalue weighted by molar-refractivity contribution is -0.125. The average molecular weight is 259 g/mol. The molecule has 0 aromatic heterocycles. The maximum Gasteiger partial charge on any atom is 0.230 e. The molecule has 1 fully saturated rings. The molecule has 0 spiro atoms. The van der Waals surface area contributed by atoms with Gasteiger partial charge >= 0.3 is 0 Å². The van der Waals surface area contributed by atoms with Crippen LogP contribution < -0.4 is 10.1 Å². The molecule has 4 heteroatoms. The third-order valence-electron chi connectivity index (χ3n) is 3.70. The zero-order chi connectivity index (χ0) is 13.6. The van der Waals surface area contributed by atoms with E-state index in [1.807, 2.05) is 12.1 Å². The van der Waals surface area contributed by atoms with E-state index in [2.05, 4.69) is 25.2 Å². The number of carbonyl (C=O) groups excluding carboxylic acids is 2. The SMILES string of the molecule is CC1(C)Cc2cccc(CC3CC(=O)NC3=O)c2O1. The van der Waals surface area contributed by atoms with Gasteiger partial charge in [0.2, 0.25) is 11.8 Å². The standard InChI is InChI=1S/C15H17NO3/c1-15(2)8-10-5-3-4-9(13(10)19-15)6-11-7-12(17)16-14(11)18/h3-5,11H,6-8H2,1-2H3,(H,16,17,18). The van der Waals surface area contributed by atoms with Crippen molar-refractivity contribution in [1.82, 2.24) is 5.32 Å². The summed E-state index contributed by atoms with van der Waals surface area (Å²) < 4.78 is 5.98. The molecule has 2 heterocycles. The van der Waals surface area contributed by atoms with Crippen molar-refractivity contribution in [2.24, 2.45) is 5.92 Å². The highest BCUT2D eigenvalue weighted by molar-refractivity contribution is 6.03. The topological polar surface area (TPSA) is 55.4 Å². The molecule has 2 aliphatic rings. The van der Waals surface area contributed by atoms with Gasteiger partial charge in [-0.3, -0.25) is 14.9 Å². The fourth-order valence-electron chi connectivity index (χ4n) is 2.88. The fraction of sp³-hybridized carbons (Fsp3) is 0.467. The van der Waals surface area contributed by atoms with Gasteiger partial charge in [-0.2, -0.15) is 0 Å². The molecule has 19 heavy (non-hydrogen) atoms. The van der Waals surface area contributed by atoms with Gasteiger partial charge in [0.15, 0.2) is 0 Å². The zero-order valence-corrected chi connectivity index (χ0v) is 11.2. The highest BCUT2D eigenvalue weighted by Gasteiger charge is 2.35. The second-order valence-corrected chi connectivity index (χ2v) is 5.96. The Kier molecular flexibility index (Phi) is 2.62. The molecule has 1 N–H and O–H groups in total. The van der Waals surface area contributed by atoms with Crippen molar-refractivity contribution < 1.29 is 14.3 Å². The van der Waals surface area contributed by atoms with E-state index in [0.717, 1.165) is 17.7 Å². The summed E-state index contributed by atoms with van der Waals surface area (Å²) in [5, 5.41) is 2.35. The molecule has 1 unspecified atom stereocenters. The predicted octanol–water partition coefficient (Wildman–Crippen LogP) is 1.61. The van der Waals surface area contributed by atoms with E-state index in [1.54, 1.807) is 0 Å². The van der Waals surface area contributed by atoms with E-state index in [1.165, 1.54) is 5.56 Å². The number of imide groups is 1. The monoisotopic (exact) mass is 259 g/mol. The lowest BCUT2D eigenvalue weighted by Crippen LogP contribution is -2.25. The lowest BCUT2D eigenvalue weighted by Gasteiger charge is -2.18. The van der Waals surface area contributed by atoms with Crippen LogP contribution in [0.2, 0.25) is 0 Å². The van der Waals surface area contributed by atoms with E-state index in [0.29, 0.717) is 6.42 Å². The van der Waals surface area contributed by atoms with E-state index in [9.17, 15) is 9.59 Å². The Bertz CT molecular complexity index is 563. The molecule has 4 nitrogen and oxygen atoms in total. The molecule has 1 atom stereocenters. The molecule has 1 aromatic rings. The number of rotatable bonds is 2. The summed E-state index contributed by atoms with van der Waals surface area (Å²) in [6.45, 7) is 4.12. The number of carbonyl (C=O) groups is 2. The largest absolute Gasteiger partial charge is 0.487 e. The molecular weight excluding hydrogens is 242 g/mol. The molecule has 2 amide bonds. The summed E-state index contributed by atoms with van der Waals surface area (Å²) in [5.74, 6) is 0.301. The summed E-state index contributed by atoms with van der Waals surface area (Å²) in [7, 11) is 0. The van der Waals surface area contributed by atoms with Crippen LogP contribution in [0.5, 0.6) is 5.75 Å². The number of hydrogen-bond donors (Lipinski definition) is 1. The summed E-state index contributed by atoms with van der Waals surface area (Å²) in [6.07, 6.45) is 1.73. The van der Waals surface area contributed by atoms with Crippen molar-refractivity contribution in [2.75, 3.05) is 0 Å². The van der Waals surface area contributed by atoms with Crippen LogP contribution in [0.3, 0.4) is 0 Å².